The summed E-state index contributed by atoms with van der Waals surface area (Å²) >= 11 is 1.74. The van der Waals surface area contributed by atoms with Crippen molar-refractivity contribution in [3.63, 3.8) is 0 Å². The Morgan fingerprint density at radius 1 is 0.871 bits per heavy atom. The highest BCUT2D eigenvalue weighted by Crippen LogP contribution is 2.31. The Kier molecular flexibility index (Phi) is 5.00. The summed E-state index contributed by atoms with van der Waals surface area (Å²) in [5.74, 6) is 0. The van der Waals surface area contributed by atoms with Crippen LogP contribution in [-0.2, 0) is 7.05 Å². The van der Waals surface area contributed by atoms with E-state index in [1.54, 1.807) is 11.3 Å². The van der Waals surface area contributed by atoms with E-state index in [9.17, 15) is 0 Å². The predicted molar refractivity (Wildman–Crippen MR) is 133 cm³/mol. The third-order valence-corrected chi connectivity index (χ3v) is 6.69. The summed E-state index contributed by atoms with van der Waals surface area (Å²) < 4.78 is 3.46. The van der Waals surface area contributed by atoms with E-state index in [-0.39, 0.29) is 0 Å². The van der Waals surface area contributed by atoms with Crippen LogP contribution in [-0.4, -0.2) is 19.1 Å². The molecule has 4 heteroatoms. The molecule has 0 amide bonds. The molecule has 0 atom stereocenters. The van der Waals surface area contributed by atoms with Crippen molar-refractivity contribution in [2.75, 3.05) is 19.0 Å². The maximum Gasteiger partial charge on any atom is 0.212 e. The fourth-order valence-corrected chi connectivity index (χ4v) is 4.74. The lowest BCUT2D eigenvalue weighted by Gasteiger charge is -2.11. The Balaban J connectivity index is 1.46. The van der Waals surface area contributed by atoms with Crippen molar-refractivity contribution >= 4 is 50.3 Å². The van der Waals surface area contributed by atoms with Crippen molar-refractivity contribution in [3.8, 4) is 10.6 Å². The van der Waals surface area contributed by atoms with Gasteiger partial charge < -0.3 is 4.90 Å². The van der Waals surface area contributed by atoms with Gasteiger partial charge in [0.1, 0.15) is 12.1 Å². The number of hydrogen-bond donors (Lipinski definition) is 0. The molecule has 0 unspecified atom stereocenters. The van der Waals surface area contributed by atoms with Gasteiger partial charge in [-0.1, -0.05) is 24.3 Å². The molecule has 2 heterocycles. The predicted octanol–water partition coefficient (Wildman–Crippen LogP) is 6.18. The second-order valence-electron chi connectivity index (χ2n) is 7.90. The second kappa shape index (κ2) is 7.97. The lowest BCUT2D eigenvalue weighted by Crippen LogP contribution is -2.32. The van der Waals surface area contributed by atoms with Gasteiger partial charge in [-0.05, 0) is 54.1 Å². The summed E-state index contributed by atoms with van der Waals surface area (Å²) in [6, 6.07) is 27.9. The SMILES string of the molecule is CN(C)c1ccc(/C=C/c2ccc3cc(-c4nc5ccccc5s4)ccc3[n+]2C)cc1. The van der Waals surface area contributed by atoms with Crippen LogP contribution >= 0.6 is 11.3 Å². The minimum Gasteiger partial charge on any atom is -0.378 e. The summed E-state index contributed by atoms with van der Waals surface area (Å²) in [6.07, 6.45) is 4.33. The smallest absolute Gasteiger partial charge is 0.212 e. The molecule has 0 saturated heterocycles. The van der Waals surface area contributed by atoms with E-state index in [0.29, 0.717) is 0 Å². The zero-order chi connectivity index (χ0) is 21.4. The fourth-order valence-electron chi connectivity index (χ4n) is 3.78. The molecule has 0 saturated carbocycles. The molecule has 3 nitrogen and oxygen atoms in total. The maximum atomic E-state index is 4.81. The van der Waals surface area contributed by atoms with Gasteiger partial charge in [-0.2, -0.15) is 4.57 Å². The van der Waals surface area contributed by atoms with Crippen LogP contribution in [0.5, 0.6) is 0 Å². The van der Waals surface area contributed by atoms with Crippen LogP contribution in [0.1, 0.15) is 11.3 Å². The highest BCUT2D eigenvalue weighted by molar-refractivity contribution is 7.21. The number of fused-ring (bicyclic) bond motifs is 2. The Morgan fingerprint density at radius 2 is 1.68 bits per heavy atom. The second-order valence-corrected chi connectivity index (χ2v) is 8.93. The molecule has 0 aliphatic carbocycles. The molecule has 2 aromatic heterocycles. The number of thiazole rings is 1. The van der Waals surface area contributed by atoms with Crippen molar-refractivity contribution in [1.82, 2.24) is 4.98 Å². The molecule has 0 aliphatic rings. The molecule has 0 radical (unpaired) electrons. The molecule has 0 fully saturated rings. The van der Waals surface area contributed by atoms with Crippen molar-refractivity contribution in [2.24, 2.45) is 7.05 Å². The first-order valence-corrected chi connectivity index (χ1v) is 11.1. The molecule has 0 aliphatic heterocycles. The van der Waals surface area contributed by atoms with Gasteiger partial charge in [0.2, 0.25) is 11.2 Å². The topological polar surface area (TPSA) is 20.0 Å². The Bertz CT molecular complexity index is 1380. The van der Waals surface area contributed by atoms with Crippen LogP contribution in [0, 0.1) is 0 Å². The molecule has 5 aromatic rings. The highest BCUT2D eigenvalue weighted by atomic mass is 32.1. The zero-order valence-corrected chi connectivity index (χ0v) is 18.7. The fraction of sp³-hybridized carbons (Fsp3) is 0.111. The first-order valence-electron chi connectivity index (χ1n) is 10.3. The van der Waals surface area contributed by atoms with Crippen LogP contribution in [0.2, 0.25) is 0 Å². The van der Waals surface area contributed by atoms with E-state index in [0.717, 1.165) is 21.8 Å². The number of hydrogen-bond acceptors (Lipinski definition) is 3. The number of aryl methyl sites for hydroxylation is 1. The Labute approximate surface area is 186 Å². The molecule has 152 valence electrons. The summed E-state index contributed by atoms with van der Waals surface area (Å²) in [7, 11) is 6.23. The van der Waals surface area contributed by atoms with E-state index in [1.165, 1.54) is 26.9 Å². The van der Waals surface area contributed by atoms with Gasteiger partial charge in [0.05, 0.1) is 10.2 Å². The van der Waals surface area contributed by atoms with Gasteiger partial charge in [-0.15, -0.1) is 11.3 Å². The van der Waals surface area contributed by atoms with Crippen molar-refractivity contribution in [2.45, 2.75) is 0 Å². The zero-order valence-electron chi connectivity index (χ0n) is 17.9. The number of rotatable bonds is 4. The van der Waals surface area contributed by atoms with Crippen LogP contribution in [0.3, 0.4) is 0 Å². The number of benzene rings is 3. The lowest BCUT2D eigenvalue weighted by molar-refractivity contribution is -0.646. The van der Waals surface area contributed by atoms with Crippen LogP contribution in [0.15, 0.2) is 78.9 Å². The quantitative estimate of drug-likeness (QED) is 0.322. The average molecular weight is 423 g/mol. The Morgan fingerprint density at radius 3 is 2.45 bits per heavy atom. The molecular formula is C27H24N3S+. The number of pyridine rings is 1. The monoisotopic (exact) mass is 422 g/mol. The van der Waals surface area contributed by atoms with Gasteiger partial charge in [0.25, 0.3) is 0 Å². The number of nitrogens with zero attached hydrogens (tertiary/aromatic N) is 3. The highest BCUT2D eigenvalue weighted by Gasteiger charge is 2.12. The third-order valence-electron chi connectivity index (χ3n) is 5.61. The van der Waals surface area contributed by atoms with E-state index in [2.05, 4.69) is 116 Å². The van der Waals surface area contributed by atoms with Crippen molar-refractivity contribution in [3.05, 3.63) is 90.1 Å². The molecule has 0 spiro atoms. The van der Waals surface area contributed by atoms with E-state index in [4.69, 9.17) is 4.98 Å². The molecule has 5 rings (SSSR count). The van der Waals surface area contributed by atoms with Crippen LogP contribution in [0.25, 0.3) is 43.8 Å². The standard InChI is InChI=1S/C27H24N3S/c1-29(2)22-13-8-19(9-14-22)10-15-23-16-11-20-18-21(12-17-25(20)30(23)3)27-28-24-6-4-5-7-26(24)31-27/h4-18H,1-3H3/q+1. The van der Waals surface area contributed by atoms with E-state index >= 15 is 0 Å². The van der Waals surface area contributed by atoms with E-state index < -0.39 is 0 Å². The summed E-state index contributed by atoms with van der Waals surface area (Å²) in [4.78, 5) is 6.92. The number of anilines is 1. The van der Waals surface area contributed by atoms with Crippen LogP contribution in [0.4, 0.5) is 5.69 Å². The van der Waals surface area contributed by atoms with Gasteiger partial charge in [-0.3, -0.25) is 0 Å². The first-order chi connectivity index (χ1) is 15.1. The van der Waals surface area contributed by atoms with Crippen LogP contribution < -0.4 is 9.47 Å². The molecule has 0 bridgehead atoms. The average Bonchev–Trinajstić information content (AvgIpc) is 3.23. The van der Waals surface area contributed by atoms with Crippen molar-refractivity contribution in [1.29, 1.82) is 0 Å². The van der Waals surface area contributed by atoms with Gasteiger partial charge in [-0.25, -0.2) is 4.98 Å². The van der Waals surface area contributed by atoms with Gasteiger partial charge in [0.15, 0.2) is 0 Å². The first kappa shape index (κ1) is 19.5. The minimum atomic E-state index is 1.06. The summed E-state index contributed by atoms with van der Waals surface area (Å²) in [6.45, 7) is 0. The van der Waals surface area contributed by atoms with Gasteiger partial charge >= 0.3 is 0 Å². The molecule has 3 aromatic carbocycles. The lowest BCUT2D eigenvalue weighted by atomic mass is 10.1. The summed E-state index contributed by atoms with van der Waals surface area (Å²) in [5, 5.41) is 2.28. The Hall–Kier alpha value is -3.50. The third kappa shape index (κ3) is 3.82. The summed E-state index contributed by atoms with van der Waals surface area (Å²) in [5.41, 5.74) is 6.99. The number of aromatic nitrogens is 2. The van der Waals surface area contributed by atoms with Gasteiger partial charge in [0, 0.05) is 48.9 Å². The normalized spacial score (nSPS) is 11.6. The molecular weight excluding hydrogens is 398 g/mol. The molecule has 31 heavy (non-hydrogen) atoms. The largest absolute Gasteiger partial charge is 0.378 e. The van der Waals surface area contributed by atoms with Crippen molar-refractivity contribution < 1.29 is 4.57 Å². The number of para-hydroxylation sites is 1. The minimum absolute atomic E-state index is 1.06. The molecule has 0 N–H and O–H groups in total. The van der Waals surface area contributed by atoms with E-state index in [1.807, 2.05) is 6.07 Å². The maximum absolute atomic E-state index is 4.81.